The highest BCUT2D eigenvalue weighted by Crippen LogP contribution is 2.18. The molecule has 1 heterocycles. The van der Waals surface area contributed by atoms with Gasteiger partial charge in [0.2, 0.25) is 3.70 Å². The summed E-state index contributed by atoms with van der Waals surface area (Å²) >= 11 is 2.37. The predicted molar refractivity (Wildman–Crippen MR) is 85.8 cm³/mol. The summed E-state index contributed by atoms with van der Waals surface area (Å²) < 4.78 is 8.81. The molecule has 0 amide bonds. The Kier molecular flexibility index (Phi) is 4.63. The first-order chi connectivity index (χ1) is 9.11. The predicted octanol–water partition coefficient (Wildman–Crippen LogP) is 2.70. The van der Waals surface area contributed by atoms with Crippen LogP contribution in [0.4, 0.5) is 5.69 Å². The van der Waals surface area contributed by atoms with Gasteiger partial charge in [0.05, 0.1) is 12.7 Å². The molecule has 0 saturated heterocycles. The number of pyridine rings is 1. The summed E-state index contributed by atoms with van der Waals surface area (Å²) in [5.41, 5.74) is 2.39. The molecule has 0 aliphatic rings. The van der Waals surface area contributed by atoms with Crippen molar-refractivity contribution in [3.05, 3.63) is 51.9 Å². The van der Waals surface area contributed by atoms with E-state index in [0.717, 1.165) is 12.3 Å². The molecule has 0 aliphatic carbocycles. The van der Waals surface area contributed by atoms with Crippen LogP contribution in [-0.4, -0.2) is 21.2 Å². The number of rotatable bonds is 4. The number of ether oxygens (including phenoxy) is 1. The second-order valence-electron chi connectivity index (χ2n) is 4.54. The molecular weight excluding hydrogens is 351 g/mol. The van der Waals surface area contributed by atoms with Crippen LogP contribution in [0.15, 0.2) is 42.6 Å². The number of hydrogen-bond acceptors (Lipinski definition) is 2. The first-order valence-electron chi connectivity index (χ1n) is 6.10. The molecule has 3 nitrogen and oxygen atoms in total. The molecule has 4 heteroatoms. The fraction of sp³-hybridized carbons (Fsp3) is 0.267. The van der Waals surface area contributed by atoms with Gasteiger partial charge in [-0.25, -0.2) is 0 Å². The van der Waals surface area contributed by atoms with E-state index in [4.69, 9.17) is 4.74 Å². The van der Waals surface area contributed by atoms with Crippen LogP contribution in [0.2, 0.25) is 0 Å². The number of anilines is 1. The van der Waals surface area contributed by atoms with Gasteiger partial charge in [0, 0.05) is 54.5 Å². The van der Waals surface area contributed by atoms with Crippen LogP contribution in [0.1, 0.15) is 5.56 Å². The van der Waals surface area contributed by atoms with Crippen molar-refractivity contribution in [1.82, 2.24) is 0 Å². The van der Waals surface area contributed by atoms with E-state index >= 15 is 0 Å². The molecule has 2 aromatic rings. The average Bonchev–Trinajstić information content (AvgIpc) is 2.41. The van der Waals surface area contributed by atoms with E-state index in [-0.39, 0.29) is 0 Å². The number of methoxy groups -OCH3 is 1. The summed E-state index contributed by atoms with van der Waals surface area (Å²) in [5, 5.41) is 0. The molecule has 100 valence electrons. The van der Waals surface area contributed by atoms with Crippen LogP contribution in [0.5, 0.6) is 5.75 Å². The monoisotopic (exact) mass is 369 g/mol. The SMILES string of the molecule is COc1ccccc1C[n+]1ccc(N(C)C)cc1I. The van der Waals surface area contributed by atoms with Gasteiger partial charge in [-0.3, -0.25) is 0 Å². The molecule has 0 saturated carbocycles. The molecule has 2 rings (SSSR count). The minimum Gasteiger partial charge on any atom is -0.496 e. The second kappa shape index (κ2) is 6.23. The minimum atomic E-state index is 0.815. The molecule has 0 spiro atoms. The summed E-state index contributed by atoms with van der Waals surface area (Å²) in [6.07, 6.45) is 2.11. The first-order valence-corrected chi connectivity index (χ1v) is 7.18. The summed E-state index contributed by atoms with van der Waals surface area (Å²) in [7, 11) is 5.82. The van der Waals surface area contributed by atoms with E-state index in [1.165, 1.54) is 15.0 Å². The van der Waals surface area contributed by atoms with E-state index in [0.29, 0.717) is 0 Å². The van der Waals surface area contributed by atoms with Gasteiger partial charge in [-0.2, -0.15) is 4.57 Å². The van der Waals surface area contributed by atoms with Crippen molar-refractivity contribution in [2.45, 2.75) is 6.54 Å². The van der Waals surface area contributed by atoms with Crippen LogP contribution in [0.25, 0.3) is 0 Å². The van der Waals surface area contributed by atoms with Crippen molar-refractivity contribution in [2.75, 3.05) is 26.1 Å². The van der Waals surface area contributed by atoms with E-state index in [1.807, 2.05) is 18.2 Å². The van der Waals surface area contributed by atoms with Gasteiger partial charge < -0.3 is 9.64 Å². The highest BCUT2D eigenvalue weighted by atomic mass is 127. The number of aromatic nitrogens is 1. The van der Waals surface area contributed by atoms with Gasteiger partial charge in [-0.05, 0) is 12.1 Å². The Morgan fingerprint density at radius 2 is 1.95 bits per heavy atom. The molecule has 0 N–H and O–H groups in total. The zero-order valence-corrected chi connectivity index (χ0v) is 13.6. The normalized spacial score (nSPS) is 10.3. The third kappa shape index (κ3) is 3.37. The minimum absolute atomic E-state index is 0.815. The largest absolute Gasteiger partial charge is 0.496 e. The maximum Gasteiger partial charge on any atom is 0.243 e. The molecule has 0 radical (unpaired) electrons. The van der Waals surface area contributed by atoms with E-state index in [9.17, 15) is 0 Å². The number of halogens is 1. The van der Waals surface area contributed by atoms with Gasteiger partial charge in [-0.15, -0.1) is 0 Å². The van der Waals surface area contributed by atoms with Crippen LogP contribution in [0.3, 0.4) is 0 Å². The molecule has 0 fully saturated rings. The lowest BCUT2D eigenvalue weighted by molar-refractivity contribution is -0.700. The second-order valence-corrected chi connectivity index (χ2v) is 5.65. The molecule has 0 bridgehead atoms. The first kappa shape index (κ1) is 14.1. The van der Waals surface area contributed by atoms with E-state index < -0.39 is 0 Å². The molecule has 0 atom stereocenters. The third-order valence-corrected chi connectivity index (χ3v) is 3.95. The molecule has 1 aromatic carbocycles. The third-order valence-electron chi connectivity index (χ3n) is 3.02. The Morgan fingerprint density at radius 1 is 1.21 bits per heavy atom. The topological polar surface area (TPSA) is 16.4 Å². The van der Waals surface area contributed by atoms with Crippen LogP contribution in [-0.2, 0) is 6.54 Å². The summed E-state index contributed by atoms with van der Waals surface area (Å²) in [5.74, 6) is 0.933. The summed E-state index contributed by atoms with van der Waals surface area (Å²) in [6, 6.07) is 12.4. The van der Waals surface area contributed by atoms with Crippen molar-refractivity contribution >= 4 is 28.3 Å². The van der Waals surface area contributed by atoms with Crippen LogP contribution < -0.4 is 14.2 Å². The number of benzene rings is 1. The standard InChI is InChI=1S/C15H18IN2O/c1-17(2)13-8-9-18(15(16)10-13)11-12-6-4-5-7-14(12)19-3/h4-10H,11H2,1-3H3/q+1. The maximum atomic E-state index is 5.40. The van der Waals surface area contributed by atoms with Crippen molar-refractivity contribution in [2.24, 2.45) is 0 Å². The van der Waals surface area contributed by atoms with Crippen LogP contribution in [0, 0.1) is 3.70 Å². The van der Waals surface area contributed by atoms with E-state index in [1.54, 1.807) is 7.11 Å². The lowest BCUT2D eigenvalue weighted by atomic mass is 10.2. The van der Waals surface area contributed by atoms with Crippen molar-refractivity contribution in [3.8, 4) is 5.75 Å². The molecule has 1 aromatic heterocycles. The van der Waals surface area contributed by atoms with Crippen molar-refractivity contribution in [1.29, 1.82) is 0 Å². The Labute approximate surface area is 128 Å². The van der Waals surface area contributed by atoms with Gasteiger partial charge in [0.15, 0.2) is 12.7 Å². The van der Waals surface area contributed by atoms with Gasteiger partial charge >= 0.3 is 0 Å². The molecular formula is C15H18IN2O+. The van der Waals surface area contributed by atoms with Gasteiger partial charge in [-0.1, -0.05) is 12.1 Å². The number of para-hydroxylation sites is 1. The molecule has 0 aliphatic heterocycles. The van der Waals surface area contributed by atoms with Gasteiger partial charge in [0.25, 0.3) is 0 Å². The molecule has 0 unspecified atom stereocenters. The Hall–Kier alpha value is -1.30. The van der Waals surface area contributed by atoms with Crippen molar-refractivity contribution < 1.29 is 9.30 Å². The number of hydrogen-bond donors (Lipinski definition) is 0. The zero-order valence-electron chi connectivity index (χ0n) is 11.4. The average molecular weight is 369 g/mol. The quantitative estimate of drug-likeness (QED) is 0.468. The number of nitrogens with zero attached hydrogens (tertiary/aromatic N) is 2. The van der Waals surface area contributed by atoms with E-state index in [2.05, 4.69) is 70.5 Å². The molecule has 19 heavy (non-hydrogen) atoms. The summed E-state index contributed by atoms with van der Waals surface area (Å²) in [6.45, 7) is 0.815. The highest BCUT2D eigenvalue weighted by Gasteiger charge is 2.13. The van der Waals surface area contributed by atoms with Crippen LogP contribution >= 0.6 is 22.6 Å². The maximum absolute atomic E-state index is 5.40. The smallest absolute Gasteiger partial charge is 0.243 e. The highest BCUT2D eigenvalue weighted by molar-refractivity contribution is 14.1. The Balaban J connectivity index is 2.28. The zero-order chi connectivity index (χ0) is 13.8. The van der Waals surface area contributed by atoms with Gasteiger partial charge in [0.1, 0.15) is 5.75 Å². The lowest BCUT2D eigenvalue weighted by Crippen LogP contribution is -2.38. The Bertz CT molecular complexity index is 570. The van der Waals surface area contributed by atoms with Crippen molar-refractivity contribution in [3.63, 3.8) is 0 Å². The lowest BCUT2D eigenvalue weighted by Gasteiger charge is -2.12. The Morgan fingerprint density at radius 3 is 2.58 bits per heavy atom. The fourth-order valence-corrected chi connectivity index (χ4v) is 2.56. The summed E-state index contributed by atoms with van der Waals surface area (Å²) in [4.78, 5) is 2.11. The fourth-order valence-electron chi connectivity index (χ4n) is 1.91.